The number of alkyl halides is 3. The molecule has 2 aromatic carbocycles. The highest BCUT2D eigenvalue weighted by Crippen LogP contribution is 2.41. The summed E-state index contributed by atoms with van der Waals surface area (Å²) in [5.41, 5.74) is 1.53. The van der Waals surface area contributed by atoms with Crippen LogP contribution in [0.2, 0.25) is 0 Å². The average Bonchev–Trinajstić information content (AvgIpc) is 3.62. The van der Waals surface area contributed by atoms with Gasteiger partial charge in [0.05, 0.1) is 48.9 Å². The second kappa shape index (κ2) is 12.8. The van der Waals surface area contributed by atoms with Crippen LogP contribution >= 0.6 is 0 Å². The van der Waals surface area contributed by atoms with Gasteiger partial charge < -0.3 is 14.6 Å². The molecule has 0 aliphatic carbocycles. The van der Waals surface area contributed by atoms with Crippen LogP contribution in [0.15, 0.2) is 48.8 Å². The summed E-state index contributed by atoms with van der Waals surface area (Å²) < 4.78 is 50.7. The fourth-order valence-electron chi connectivity index (χ4n) is 6.01. The summed E-state index contributed by atoms with van der Waals surface area (Å²) >= 11 is 0. The van der Waals surface area contributed by atoms with Gasteiger partial charge in [-0.15, -0.1) is 10.2 Å². The number of aryl methyl sites for hydroxylation is 1. The number of nitrogens with one attached hydrogen (secondary N) is 1. The fraction of sp³-hybridized carbons (Fsp3) is 0.333. The molecule has 2 aromatic heterocycles. The van der Waals surface area contributed by atoms with E-state index in [-0.39, 0.29) is 49.1 Å². The topological polar surface area (TPSA) is 136 Å². The van der Waals surface area contributed by atoms with Crippen molar-refractivity contribution in [1.29, 1.82) is 10.5 Å². The van der Waals surface area contributed by atoms with Crippen molar-refractivity contribution < 1.29 is 22.7 Å². The first-order valence-electron chi connectivity index (χ1n) is 15.0. The monoisotopic (exact) mass is 641 g/mol. The van der Waals surface area contributed by atoms with Crippen LogP contribution in [0.5, 0.6) is 0 Å². The number of fused-ring (bicyclic) bond motifs is 1. The zero-order valence-corrected chi connectivity index (χ0v) is 25.7. The van der Waals surface area contributed by atoms with E-state index in [0.717, 1.165) is 6.07 Å². The molecule has 1 amide bonds. The molecule has 1 saturated heterocycles. The summed E-state index contributed by atoms with van der Waals surface area (Å²) in [6, 6.07) is 15.2. The van der Waals surface area contributed by atoms with Gasteiger partial charge in [0.15, 0.2) is 5.82 Å². The minimum atomic E-state index is -4.68. The number of halogens is 3. The standard InChI is InChI=1S/C33H30F3N9O2/c1-20-16-44(8-9-47-20)17-22-11-26-27(28(12-22)33(34,35)36)18-45(32(26)46)30-14-23(13-29(41-30)39-7-3-6-37)25-10-21(15-38)4-5-24(25)31-42-40-19-43(31)2/h4-5,10-14,19-20H,3,7-9,16-18H2,1-2H3,(H,39,41)/t20-/m0/s1. The third-order valence-corrected chi connectivity index (χ3v) is 8.18. The Morgan fingerprint density at radius 1 is 1.11 bits per heavy atom. The number of morpholine rings is 1. The van der Waals surface area contributed by atoms with Gasteiger partial charge in [0.25, 0.3) is 5.91 Å². The molecule has 4 heterocycles. The molecule has 2 aliphatic heterocycles. The zero-order valence-electron chi connectivity index (χ0n) is 25.7. The van der Waals surface area contributed by atoms with Crippen molar-refractivity contribution in [3.05, 3.63) is 76.6 Å². The molecule has 0 spiro atoms. The van der Waals surface area contributed by atoms with E-state index >= 15 is 0 Å². The number of ether oxygens (including phenoxy) is 1. The molecule has 11 nitrogen and oxygen atoms in total. The Morgan fingerprint density at radius 2 is 1.94 bits per heavy atom. The van der Waals surface area contributed by atoms with Gasteiger partial charge in [0.1, 0.15) is 18.0 Å². The van der Waals surface area contributed by atoms with E-state index in [1.54, 1.807) is 48.0 Å². The highest BCUT2D eigenvalue weighted by Gasteiger charge is 2.41. The number of nitriles is 2. The molecule has 0 bridgehead atoms. The molecule has 14 heteroatoms. The van der Waals surface area contributed by atoms with Crippen molar-refractivity contribution in [3.63, 3.8) is 0 Å². The Bertz CT molecular complexity index is 1930. The predicted octanol–water partition coefficient (Wildman–Crippen LogP) is 5.14. The zero-order chi connectivity index (χ0) is 33.3. The summed E-state index contributed by atoms with van der Waals surface area (Å²) in [4.78, 5) is 21.8. The quantitative estimate of drug-likeness (QED) is 0.259. The van der Waals surface area contributed by atoms with E-state index in [4.69, 9.17) is 10.00 Å². The van der Waals surface area contributed by atoms with E-state index in [1.165, 1.54) is 11.2 Å². The molecule has 47 heavy (non-hydrogen) atoms. The molecule has 240 valence electrons. The summed E-state index contributed by atoms with van der Waals surface area (Å²) in [5.74, 6) is 0.338. The van der Waals surface area contributed by atoms with Crippen molar-refractivity contribution in [2.24, 2.45) is 7.05 Å². The molecule has 1 N–H and O–H groups in total. The number of aromatic nitrogens is 4. The summed E-state index contributed by atoms with van der Waals surface area (Å²) in [6.07, 6.45) is -3.02. The van der Waals surface area contributed by atoms with Crippen molar-refractivity contribution in [2.45, 2.75) is 38.7 Å². The first-order chi connectivity index (χ1) is 22.5. The van der Waals surface area contributed by atoms with Crippen LogP contribution in [0.3, 0.4) is 0 Å². The number of nitrogens with zero attached hydrogens (tertiary/aromatic N) is 8. The summed E-state index contributed by atoms with van der Waals surface area (Å²) in [7, 11) is 1.77. The van der Waals surface area contributed by atoms with Gasteiger partial charge in [-0.3, -0.25) is 14.6 Å². The number of amides is 1. The van der Waals surface area contributed by atoms with Gasteiger partial charge >= 0.3 is 6.18 Å². The second-order valence-corrected chi connectivity index (χ2v) is 11.5. The molecule has 2 aliphatic rings. The fourth-order valence-corrected chi connectivity index (χ4v) is 6.01. The van der Waals surface area contributed by atoms with Crippen molar-refractivity contribution in [2.75, 3.05) is 36.5 Å². The Labute approximate surface area is 268 Å². The molecule has 0 unspecified atom stereocenters. The molecule has 1 fully saturated rings. The maximum absolute atomic E-state index is 14.5. The smallest absolute Gasteiger partial charge is 0.376 e. The Morgan fingerprint density at radius 3 is 2.64 bits per heavy atom. The van der Waals surface area contributed by atoms with Crippen LogP contribution in [0, 0.1) is 22.7 Å². The lowest BCUT2D eigenvalue weighted by Crippen LogP contribution is -2.40. The van der Waals surface area contributed by atoms with Crippen LogP contribution < -0.4 is 10.2 Å². The number of hydrogen-bond acceptors (Lipinski definition) is 9. The van der Waals surface area contributed by atoms with Gasteiger partial charge in [0.2, 0.25) is 0 Å². The SMILES string of the molecule is C[C@H]1CN(Cc2cc3c(c(C(F)(F)F)c2)CN(c2cc(-c4cc(C#N)ccc4-c4nncn4C)cc(NCCC#N)n2)C3=O)CCO1. The first-order valence-corrected chi connectivity index (χ1v) is 15.0. The minimum absolute atomic E-state index is 0.0198. The number of anilines is 2. The molecular formula is C33H30F3N9O2. The maximum atomic E-state index is 14.5. The normalized spacial score (nSPS) is 16.5. The molecule has 4 aromatic rings. The summed E-state index contributed by atoms with van der Waals surface area (Å²) in [6.45, 7) is 3.70. The van der Waals surface area contributed by atoms with E-state index in [0.29, 0.717) is 59.2 Å². The maximum Gasteiger partial charge on any atom is 0.416 e. The number of benzene rings is 2. The first kappa shape index (κ1) is 31.7. The third-order valence-electron chi connectivity index (χ3n) is 8.18. The lowest BCUT2D eigenvalue weighted by Gasteiger charge is -2.31. The van der Waals surface area contributed by atoms with Crippen molar-refractivity contribution >= 4 is 17.5 Å². The Balaban J connectivity index is 1.44. The van der Waals surface area contributed by atoms with E-state index in [2.05, 4.69) is 32.6 Å². The molecular weight excluding hydrogens is 611 g/mol. The predicted molar refractivity (Wildman–Crippen MR) is 166 cm³/mol. The molecule has 0 radical (unpaired) electrons. The average molecular weight is 642 g/mol. The van der Waals surface area contributed by atoms with E-state index < -0.39 is 17.6 Å². The van der Waals surface area contributed by atoms with Crippen LogP contribution in [-0.2, 0) is 31.1 Å². The van der Waals surface area contributed by atoms with Crippen molar-refractivity contribution in [3.8, 4) is 34.7 Å². The largest absolute Gasteiger partial charge is 0.416 e. The number of hydrogen-bond donors (Lipinski definition) is 1. The van der Waals surface area contributed by atoms with Gasteiger partial charge in [0, 0.05) is 44.4 Å². The third kappa shape index (κ3) is 6.52. The van der Waals surface area contributed by atoms with Crippen LogP contribution in [-0.4, -0.2) is 62.9 Å². The molecule has 6 rings (SSSR count). The van der Waals surface area contributed by atoms with Crippen LogP contribution in [0.25, 0.3) is 22.5 Å². The Hall–Kier alpha value is -5.31. The van der Waals surface area contributed by atoms with Crippen molar-refractivity contribution in [1.82, 2.24) is 24.6 Å². The van der Waals surface area contributed by atoms with Gasteiger partial charge in [-0.05, 0) is 71.6 Å². The minimum Gasteiger partial charge on any atom is -0.376 e. The van der Waals surface area contributed by atoms with Crippen LogP contribution in [0.1, 0.15) is 46.0 Å². The number of rotatable bonds is 8. The molecule has 0 saturated carbocycles. The van der Waals surface area contributed by atoms with Gasteiger partial charge in [-0.25, -0.2) is 4.98 Å². The van der Waals surface area contributed by atoms with Crippen LogP contribution in [0.4, 0.5) is 24.8 Å². The molecule has 1 atom stereocenters. The van der Waals surface area contributed by atoms with E-state index in [1.807, 2.05) is 11.8 Å². The highest BCUT2D eigenvalue weighted by molar-refractivity contribution is 6.10. The number of carbonyl (C=O) groups is 1. The number of carbonyl (C=O) groups excluding carboxylic acids is 1. The highest BCUT2D eigenvalue weighted by atomic mass is 19.4. The van der Waals surface area contributed by atoms with E-state index in [9.17, 15) is 23.2 Å². The summed E-state index contributed by atoms with van der Waals surface area (Å²) in [5, 5.41) is 30.0. The lowest BCUT2D eigenvalue weighted by molar-refractivity contribution is -0.138. The second-order valence-electron chi connectivity index (χ2n) is 11.5. The number of pyridine rings is 1. The van der Waals surface area contributed by atoms with Gasteiger partial charge in [-0.2, -0.15) is 23.7 Å². The lowest BCUT2D eigenvalue weighted by atomic mass is 9.97. The van der Waals surface area contributed by atoms with Gasteiger partial charge in [-0.1, -0.05) is 0 Å². The Kier molecular flexibility index (Phi) is 8.64.